The van der Waals surface area contributed by atoms with Gasteiger partial charge in [-0.05, 0) is 73.3 Å². The number of nitrogens with one attached hydrogen (secondary N) is 2. The van der Waals surface area contributed by atoms with Crippen LogP contribution in [0.3, 0.4) is 0 Å². The van der Waals surface area contributed by atoms with Crippen LogP contribution in [0.4, 0.5) is 49.5 Å². The fourth-order valence-electron chi connectivity index (χ4n) is 6.19. The summed E-state index contributed by atoms with van der Waals surface area (Å²) in [4.78, 5) is 16.7. The monoisotopic (exact) mass is 588 g/mol. The average molecular weight is 589 g/mol. The molecular formula is C31H33F5N4O2. The quantitative estimate of drug-likeness (QED) is 0.272. The largest absolute Gasteiger partial charge is 0.506 e. The number of carbonyl (C=O) groups excluding carboxylic acids is 1. The van der Waals surface area contributed by atoms with Crippen molar-refractivity contribution in [3.63, 3.8) is 0 Å². The second-order valence-electron chi connectivity index (χ2n) is 12.3. The Balaban J connectivity index is 1.51. The first-order valence-electron chi connectivity index (χ1n) is 13.7. The molecule has 1 fully saturated rings. The Hall–Kier alpha value is -3.86. The summed E-state index contributed by atoms with van der Waals surface area (Å²) in [7, 11) is 0. The van der Waals surface area contributed by atoms with Crippen LogP contribution in [0.5, 0.6) is 5.75 Å². The van der Waals surface area contributed by atoms with Crippen LogP contribution >= 0.6 is 0 Å². The Bertz CT molecular complexity index is 1490. The first-order chi connectivity index (χ1) is 19.7. The maximum absolute atomic E-state index is 14.4. The minimum atomic E-state index is -4.64. The van der Waals surface area contributed by atoms with Gasteiger partial charge in [0.05, 0.1) is 28.3 Å². The van der Waals surface area contributed by atoms with E-state index >= 15 is 0 Å². The number of hydrogen-bond donors (Lipinski definition) is 3. The highest BCUT2D eigenvalue weighted by molar-refractivity contribution is 6.02. The van der Waals surface area contributed by atoms with Gasteiger partial charge in [-0.2, -0.15) is 13.2 Å². The number of rotatable bonds is 4. The van der Waals surface area contributed by atoms with Gasteiger partial charge in [0.25, 0.3) is 0 Å². The molecule has 3 aromatic carbocycles. The SMILES string of the molecule is CC(C)(C)CN1CCC2(CC1)CN(c1ccccc1NC(=O)Nc1ccc(F)cc1F)c1c(O)ccc(C(F)(F)F)c12. The second-order valence-corrected chi connectivity index (χ2v) is 12.3. The van der Waals surface area contributed by atoms with Crippen molar-refractivity contribution in [3.05, 3.63) is 77.4 Å². The number of nitrogens with zero attached hydrogens (tertiary/aromatic N) is 2. The third-order valence-corrected chi connectivity index (χ3v) is 7.86. The predicted molar refractivity (Wildman–Crippen MR) is 152 cm³/mol. The molecule has 0 bridgehead atoms. The van der Waals surface area contributed by atoms with E-state index in [0.717, 1.165) is 30.8 Å². The molecule has 0 radical (unpaired) electrons. The highest BCUT2D eigenvalue weighted by Gasteiger charge is 2.52. The molecule has 0 aromatic heterocycles. The van der Waals surface area contributed by atoms with Gasteiger partial charge in [-0.25, -0.2) is 13.6 Å². The minimum absolute atomic E-state index is 0.0293. The first kappa shape index (κ1) is 29.6. The van der Waals surface area contributed by atoms with Crippen LogP contribution in [0, 0.1) is 17.0 Å². The van der Waals surface area contributed by atoms with Gasteiger partial charge in [0.1, 0.15) is 17.4 Å². The number of fused-ring (bicyclic) bond motifs is 2. The smallest absolute Gasteiger partial charge is 0.416 e. The van der Waals surface area contributed by atoms with Crippen LogP contribution in [-0.4, -0.2) is 42.2 Å². The fraction of sp³-hybridized carbons (Fsp3) is 0.387. The van der Waals surface area contributed by atoms with E-state index in [9.17, 15) is 31.9 Å². The maximum atomic E-state index is 14.4. The highest BCUT2D eigenvalue weighted by atomic mass is 19.4. The molecule has 0 saturated carbocycles. The number of aromatic hydroxyl groups is 1. The lowest BCUT2D eigenvalue weighted by Crippen LogP contribution is -2.47. The van der Waals surface area contributed by atoms with Crippen molar-refractivity contribution in [2.45, 2.75) is 45.2 Å². The lowest BCUT2D eigenvalue weighted by atomic mass is 9.72. The fourth-order valence-corrected chi connectivity index (χ4v) is 6.19. The molecule has 2 aliphatic heterocycles. The molecule has 2 amide bonds. The maximum Gasteiger partial charge on any atom is 0.416 e. The van der Waals surface area contributed by atoms with Crippen LogP contribution in [0.15, 0.2) is 54.6 Å². The van der Waals surface area contributed by atoms with Gasteiger partial charge in [-0.15, -0.1) is 0 Å². The normalized spacial score (nSPS) is 16.9. The van der Waals surface area contributed by atoms with Gasteiger partial charge in [-0.3, -0.25) is 0 Å². The van der Waals surface area contributed by atoms with Gasteiger partial charge in [0, 0.05) is 24.6 Å². The Labute approximate surface area is 241 Å². The number of likely N-dealkylation sites (tertiary alicyclic amines) is 1. The van der Waals surface area contributed by atoms with Gasteiger partial charge in [0.2, 0.25) is 0 Å². The Kier molecular flexibility index (Phi) is 7.59. The van der Waals surface area contributed by atoms with E-state index in [0.29, 0.717) is 37.7 Å². The molecule has 2 heterocycles. The summed E-state index contributed by atoms with van der Waals surface area (Å²) in [6.07, 6.45) is -3.72. The van der Waals surface area contributed by atoms with Gasteiger partial charge >= 0.3 is 12.2 Å². The summed E-state index contributed by atoms with van der Waals surface area (Å²) in [6.45, 7) is 8.53. The van der Waals surface area contributed by atoms with Crippen LogP contribution in [0.25, 0.3) is 0 Å². The minimum Gasteiger partial charge on any atom is -0.506 e. The van der Waals surface area contributed by atoms with Crippen molar-refractivity contribution in [2.24, 2.45) is 5.41 Å². The van der Waals surface area contributed by atoms with E-state index in [-0.39, 0.29) is 40.3 Å². The lowest BCUT2D eigenvalue weighted by Gasteiger charge is -2.42. The molecule has 6 nitrogen and oxygen atoms in total. The third kappa shape index (κ3) is 5.88. The van der Waals surface area contributed by atoms with E-state index in [1.807, 2.05) is 0 Å². The predicted octanol–water partition coefficient (Wildman–Crippen LogP) is 7.86. The van der Waals surface area contributed by atoms with Gasteiger partial charge < -0.3 is 25.5 Å². The number of urea groups is 1. The summed E-state index contributed by atoms with van der Waals surface area (Å²) in [6, 6.07) is 10.4. The van der Waals surface area contributed by atoms with E-state index < -0.39 is 34.8 Å². The molecule has 5 rings (SSSR count). The molecule has 2 aliphatic rings. The highest BCUT2D eigenvalue weighted by Crippen LogP contribution is 2.57. The van der Waals surface area contributed by atoms with Crippen LogP contribution < -0.4 is 15.5 Å². The Morgan fingerprint density at radius 3 is 2.26 bits per heavy atom. The number of piperidine rings is 1. The molecule has 224 valence electrons. The first-order valence-corrected chi connectivity index (χ1v) is 13.7. The third-order valence-electron chi connectivity index (χ3n) is 7.86. The van der Waals surface area contributed by atoms with E-state index in [2.05, 4.69) is 36.3 Å². The number of halogens is 5. The summed E-state index contributed by atoms with van der Waals surface area (Å²) < 4.78 is 70.7. The number of carbonyl (C=O) groups is 1. The topological polar surface area (TPSA) is 67.8 Å². The van der Waals surface area contributed by atoms with Crippen molar-refractivity contribution >= 4 is 28.8 Å². The molecule has 0 unspecified atom stereocenters. The van der Waals surface area contributed by atoms with Crippen molar-refractivity contribution in [3.8, 4) is 5.75 Å². The number of phenols is 1. The Morgan fingerprint density at radius 1 is 0.952 bits per heavy atom. The average Bonchev–Trinajstić information content (AvgIpc) is 3.21. The van der Waals surface area contributed by atoms with E-state index in [1.54, 1.807) is 29.2 Å². The summed E-state index contributed by atoms with van der Waals surface area (Å²) >= 11 is 0. The van der Waals surface area contributed by atoms with Crippen molar-refractivity contribution < 1.29 is 31.9 Å². The number of benzene rings is 3. The summed E-state index contributed by atoms with van der Waals surface area (Å²) in [5, 5.41) is 16.0. The van der Waals surface area contributed by atoms with Crippen LogP contribution in [-0.2, 0) is 11.6 Å². The Morgan fingerprint density at radius 2 is 1.62 bits per heavy atom. The van der Waals surface area contributed by atoms with Crippen molar-refractivity contribution in [2.75, 3.05) is 41.7 Å². The molecule has 42 heavy (non-hydrogen) atoms. The number of anilines is 4. The van der Waals surface area contributed by atoms with Crippen LogP contribution in [0.1, 0.15) is 44.7 Å². The van der Waals surface area contributed by atoms with Crippen LogP contribution in [0.2, 0.25) is 0 Å². The molecule has 3 N–H and O–H groups in total. The number of hydrogen-bond acceptors (Lipinski definition) is 4. The molecule has 1 spiro atoms. The van der Waals surface area contributed by atoms with Crippen molar-refractivity contribution in [1.82, 2.24) is 4.90 Å². The zero-order valence-electron chi connectivity index (χ0n) is 23.6. The van der Waals surface area contributed by atoms with Gasteiger partial charge in [-0.1, -0.05) is 32.9 Å². The van der Waals surface area contributed by atoms with E-state index in [1.165, 1.54) is 0 Å². The molecule has 11 heteroatoms. The standard InChI is InChI=1S/C31H33F5N4O2/c1-29(2,3)17-39-14-12-30(13-15-39)18-40(27-25(41)11-9-20(26(27)30)31(34,35)36)24-7-5-4-6-23(24)38-28(42)37-22-10-8-19(32)16-21(22)33/h4-11,16,41H,12-15,17-18H2,1-3H3,(H2,37,38,42). The zero-order valence-corrected chi connectivity index (χ0v) is 23.6. The molecule has 0 atom stereocenters. The summed E-state index contributed by atoms with van der Waals surface area (Å²) in [5.41, 5.74) is -1.14. The van der Waals surface area contributed by atoms with Crippen molar-refractivity contribution in [1.29, 1.82) is 0 Å². The van der Waals surface area contributed by atoms with E-state index in [4.69, 9.17) is 0 Å². The van der Waals surface area contributed by atoms with Gasteiger partial charge in [0.15, 0.2) is 0 Å². The number of amides is 2. The lowest BCUT2D eigenvalue weighted by molar-refractivity contribution is -0.138. The zero-order chi connectivity index (χ0) is 30.4. The molecular weight excluding hydrogens is 555 g/mol. The second kappa shape index (κ2) is 10.8. The number of alkyl halides is 3. The molecule has 0 aliphatic carbocycles. The molecule has 1 saturated heterocycles. The number of para-hydroxylation sites is 2. The molecule has 3 aromatic rings. The summed E-state index contributed by atoms with van der Waals surface area (Å²) in [5.74, 6) is -2.05. The number of phenolic OH excluding ortho intramolecular Hbond substituents is 1.